The molecule has 3 heterocycles. The predicted molar refractivity (Wildman–Crippen MR) is 109 cm³/mol. The minimum absolute atomic E-state index is 0.0129. The molecule has 7 nitrogen and oxygen atoms in total. The van der Waals surface area contributed by atoms with E-state index < -0.39 is 0 Å². The van der Waals surface area contributed by atoms with Gasteiger partial charge in [-0.1, -0.05) is 30.3 Å². The molecule has 0 spiro atoms. The number of benzene rings is 1. The molecule has 29 heavy (non-hydrogen) atoms. The van der Waals surface area contributed by atoms with Gasteiger partial charge in [-0.3, -0.25) is 19.5 Å². The number of fused-ring (bicyclic) bond motifs is 1. The van der Waals surface area contributed by atoms with Crippen molar-refractivity contribution < 1.29 is 9.59 Å². The number of nitrogens with zero attached hydrogens (tertiary/aromatic N) is 2. The van der Waals surface area contributed by atoms with Gasteiger partial charge in [0, 0.05) is 55.7 Å². The van der Waals surface area contributed by atoms with E-state index in [9.17, 15) is 14.4 Å². The second-order valence-electron chi connectivity index (χ2n) is 8.58. The van der Waals surface area contributed by atoms with Crippen molar-refractivity contribution in [2.24, 2.45) is 11.3 Å². The van der Waals surface area contributed by atoms with Gasteiger partial charge in [-0.05, 0) is 25.3 Å². The fourth-order valence-corrected chi connectivity index (χ4v) is 4.95. The molecule has 2 amide bonds. The minimum atomic E-state index is -0.225. The molecule has 2 fully saturated rings. The number of hydrogen-bond acceptors (Lipinski definition) is 3. The van der Waals surface area contributed by atoms with Crippen molar-refractivity contribution in [1.82, 2.24) is 20.0 Å². The number of likely N-dealkylation sites (tertiary alicyclic amines) is 2. The first-order valence-corrected chi connectivity index (χ1v) is 10.2. The van der Waals surface area contributed by atoms with Gasteiger partial charge in [0.05, 0.1) is 6.42 Å². The van der Waals surface area contributed by atoms with Crippen LogP contribution in [0.5, 0.6) is 0 Å². The van der Waals surface area contributed by atoms with E-state index in [1.54, 1.807) is 13.8 Å². The third kappa shape index (κ3) is 3.73. The lowest BCUT2D eigenvalue weighted by Gasteiger charge is -2.29. The van der Waals surface area contributed by atoms with Gasteiger partial charge >= 0.3 is 0 Å². The number of H-pyrrole nitrogens is 2. The molecule has 0 bridgehead atoms. The zero-order valence-electron chi connectivity index (χ0n) is 17.0. The summed E-state index contributed by atoms with van der Waals surface area (Å²) in [5, 5.41) is 5.33. The molecule has 2 aliphatic heterocycles. The highest BCUT2D eigenvalue weighted by molar-refractivity contribution is 5.79. The zero-order valence-corrected chi connectivity index (χ0v) is 17.0. The molecular formula is C22H28N4O3. The van der Waals surface area contributed by atoms with Gasteiger partial charge in [0.25, 0.3) is 5.56 Å². The van der Waals surface area contributed by atoms with Crippen molar-refractivity contribution in [3.05, 3.63) is 57.5 Å². The van der Waals surface area contributed by atoms with E-state index in [-0.39, 0.29) is 35.1 Å². The monoisotopic (exact) mass is 396 g/mol. The van der Waals surface area contributed by atoms with Gasteiger partial charge in [0.15, 0.2) is 0 Å². The zero-order chi connectivity index (χ0) is 20.6. The number of amides is 2. The van der Waals surface area contributed by atoms with Gasteiger partial charge in [-0.2, -0.15) is 0 Å². The summed E-state index contributed by atoms with van der Waals surface area (Å²) in [6.07, 6.45) is 1.99. The molecule has 154 valence electrons. The lowest BCUT2D eigenvalue weighted by molar-refractivity contribution is -0.130. The van der Waals surface area contributed by atoms with Crippen molar-refractivity contribution >= 4 is 11.8 Å². The van der Waals surface area contributed by atoms with Crippen LogP contribution in [0.4, 0.5) is 0 Å². The molecule has 0 unspecified atom stereocenters. The summed E-state index contributed by atoms with van der Waals surface area (Å²) < 4.78 is 0. The normalized spacial score (nSPS) is 23.4. The van der Waals surface area contributed by atoms with Gasteiger partial charge in [-0.25, -0.2) is 0 Å². The average molecular weight is 396 g/mol. The van der Waals surface area contributed by atoms with Gasteiger partial charge in [-0.15, -0.1) is 0 Å². The van der Waals surface area contributed by atoms with Crippen LogP contribution in [0.2, 0.25) is 0 Å². The van der Waals surface area contributed by atoms with Crippen molar-refractivity contribution in [2.75, 3.05) is 26.2 Å². The minimum Gasteiger partial charge on any atom is -0.342 e. The lowest BCUT2D eigenvalue weighted by Crippen LogP contribution is -2.39. The van der Waals surface area contributed by atoms with Crippen LogP contribution in [0.15, 0.2) is 35.1 Å². The molecule has 4 rings (SSSR count). The van der Waals surface area contributed by atoms with Crippen LogP contribution in [-0.2, 0) is 22.4 Å². The topological polar surface area (TPSA) is 89.3 Å². The van der Waals surface area contributed by atoms with Crippen LogP contribution < -0.4 is 5.56 Å². The molecule has 1 aromatic heterocycles. The van der Waals surface area contributed by atoms with E-state index in [4.69, 9.17) is 0 Å². The van der Waals surface area contributed by atoms with E-state index in [1.165, 1.54) is 5.56 Å². The molecule has 0 aliphatic carbocycles. The predicted octanol–water partition coefficient (Wildman–Crippen LogP) is 1.49. The van der Waals surface area contributed by atoms with Crippen LogP contribution in [0.1, 0.15) is 30.2 Å². The Labute approximate surface area is 170 Å². The highest BCUT2D eigenvalue weighted by atomic mass is 16.2. The first-order chi connectivity index (χ1) is 13.9. The second-order valence-corrected chi connectivity index (χ2v) is 8.58. The molecule has 0 saturated carbocycles. The second kappa shape index (κ2) is 7.54. The van der Waals surface area contributed by atoms with Gasteiger partial charge in [0.1, 0.15) is 0 Å². The van der Waals surface area contributed by atoms with E-state index in [2.05, 4.69) is 22.3 Å². The Morgan fingerprint density at radius 2 is 1.79 bits per heavy atom. The third-order valence-electron chi connectivity index (χ3n) is 6.73. The first kappa shape index (κ1) is 19.5. The van der Waals surface area contributed by atoms with Crippen molar-refractivity contribution in [2.45, 2.75) is 33.1 Å². The Morgan fingerprint density at radius 1 is 1.10 bits per heavy atom. The molecule has 1 aromatic carbocycles. The number of aromatic amines is 2. The molecule has 2 aliphatic rings. The number of carbonyl (C=O) groups excluding carboxylic acids is 2. The highest BCUT2D eigenvalue weighted by Gasteiger charge is 2.53. The summed E-state index contributed by atoms with van der Waals surface area (Å²) in [5.41, 5.74) is 2.20. The van der Waals surface area contributed by atoms with Crippen LogP contribution in [0.25, 0.3) is 0 Å². The molecule has 2 aromatic rings. The number of aryl methyl sites for hydroxylation is 2. The van der Waals surface area contributed by atoms with Crippen molar-refractivity contribution in [3.8, 4) is 0 Å². The molecule has 2 N–H and O–H groups in total. The Balaban J connectivity index is 1.50. The molecule has 0 radical (unpaired) electrons. The van der Waals surface area contributed by atoms with E-state index >= 15 is 0 Å². The smallest absolute Gasteiger partial charge is 0.267 e. The third-order valence-corrected chi connectivity index (χ3v) is 6.73. The molecule has 2 atom stereocenters. The summed E-state index contributed by atoms with van der Waals surface area (Å²) in [6.45, 7) is 6.12. The maximum Gasteiger partial charge on any atom is 0.267 e. The summed E-state index contributed by atoms with van der Waals surface area (Å²) in [5.74, 6) is 0.372. The summed E-state index contributed by atoms with van der Waals surface area (Å²) in [6, 6.07) is 10.4. The standard InChI is InChI=1S/C22H28N4O3/c1-15-19(21(29)24-23-15)10-20(28)26-12-18-11-25(16(2)27)13-22(18,14-26)9-8-17-6-4-3-5-7-17/h3-7,18H,8-14H2,1-2H3,(H2,23,24,29)/t18-,22+/m1/s1. The molecular weight excluding hydrogens is 368 g/mol. The first-order valence-electron chi connectivity index (χ1n) is 10.2. The molecule has 2 saturated heterocycles. The Morgan fingerprint density at radius 3 is 2.45 bits per heavy atom. The largest absolute Gasteiger partial charge is 0.342 e. The number of rotatable bonds is 5. The highest BCUT2D eigenvalue weighted by Crippen LogP contribution is 2.46. The summed E-state index contributed by atoms with van der Waals surface area (Å²) in [4.78, 5) is 40.7. The summed E-state index contributed by atoms with van der Waals surface area (Å²) in [7, 11) is 0. The lowest BCUT2D eigenvalue weighted by atomic mass is 9.76. The number of nitrogens with one attached hydrogen (secondary N) is 2. The van der Waals surface area contributed by atoms with Crippen LogP contribution >= 0.6 is 0 Å². The maximum absolute atomic E-state index is 13.0. The number of hydrogen-bond donors (Lipinski definition) is 2. The van der Waals surface area contributed by atoms with Crippen molar-refractivity contribution in [3.63, 3.8) is 0 Å². The molecule has 7 heteroatoms. The Bertz CT molecular complexity index is 964. The fourth-order valence-electron chi connectivity index (χ4n) is 4.95. The summed E-state index contributed by atoms with van der Waals surface area (Å²) >= 11 is 0. The van der Waals surface area contributed by atoms with Crippen LogP contribution in [0, 0.1) is 18.3 Å². The Hall–Kier alpha value is -2.83. The number of carbonyl (C=O) groups is 2. The quantitative estimate of drug-likeness (QED) is 0.803. The van der Waals surface area contributed by atoms with Crippen molar-refractivity contribution in [1.29, 1.82) is 0 Å². The number of aromatic nitrogens is 2. The Kier molecular flexibility index (Phi) is 5.06. The fraction of sp³-hybridized carbons (Fsp3) is 0.500. The van der Waals surface area contributed by atoms with E-state index in [0.717, 1.165) is 12.8 Å². The average Bonchev–Trinajstić information content (AvgIpc) is 3.33. The van der Waals surface area contributed by atoms with E-state index in [1.807, 2.05) is 28.0 Å². The maximum atomic E-state index is 13.0. The van der Waals surface area contributed by atoms with Crippen LogP contribution in [-0.4, -0.2) is 58.0 Å². The van der Waals surface area contributed by atoms with E-state index in [0.29, 0.717) is 37.4 Å². The SMILES string of the molecule is CC(=O)N1C[C@@H]2CN(C(=O)Cc3c(C)[nH][nH]c3=O)C[C@]2(CCc2ccccc2)C1. The van der Waals surface area contributed by atoms with Gasteiger partial charge < -0.3 is 14.9 Å². The van der Waals surface area contributed by atoms with Gasteiger partial charge in [0.2, 0.25) is 11.8 Å². The van der Waals surface area contributed by atoms with Crippen LogP contribution in [0.3, 0.4) is 0 Å².